The molecule has 1 rings (SSSR count). The summed E-state index contributed by atoms with van der Waals surface area (Å²) in [5.41, 5.74) is 0. The molecule has 0 fully saturated rings. The minimum absolute atomic E-state index is 0.128. The van der Waals surface area contributed by atoms with Crippen LogP contribution in [0.3, 0.4) is 0 Å². The minimum atomic E-state index is 0.128. The van der Waals surface area contributed by atoms with Gasteiger partial charge < -0.3 is 5.32 Å². The molecule has 1 aliphatic rings. The fourth-order valence-corrected chi connectivity index (χ4v) is 4.10. The second kappa shape index (κ2) is 11.0. The molecule has 0 bridgehead atoms. The number of aliphatic imine (C=N–C) groups is 1. The van der Waals surface area contributed by atoms with Gasteiger partial charge in [-0.1, -0.05) is 40.7 Å². The van der Waals surface area contributed by atoms with Crippen LogP contribution in [0.15, 0.2) is 17.6 Å². The highest BCUT2D eigenvalue weighted by Crippen LogP contribution is 2.29. The van der Waals surface area contributed by atoms with Gasteiger partial charge in [0.25, 0.3) is 0 Å². The summed E-state index contributed by atoms with van der Waals surface area (Å²) in [5, 5.41) is 4.36. The lowest BCUT2D eigenvalue weighted by Crippen LogP contribution is -2.30. The summed E-state index contributed by atoms with van der Waals surface area (Å²) < 4.78 is 0. The van der Waals surface area contributed by atoms with Crippen molar-refractivity contribution < 1.29 is 4.79 Å². The molecule has 1 aliphatic heterocycles. The van der Waals surface area contributed by atoms with Crippen LogP contribution in [0.25, 0.3) is 0 Å². The van der Waals surface area contributed by atoms with Gasteiger partial charge in [-0.15, -0.1) is 18.3 Å². The van der Waals surface area contributed by atoms with Crippen LogP contribution < -0.4 is 5.32 Å². The van der Waals surface area contributed by atoms with Gasteiger partial charge in [0.15, 0.2) is 0 Å². The van der Waals surface area contributed by atoms with E-state index in [1.807, 2.05) is 24.8 Å². The molecule has 1 N–H and O–H groups in total. The molecular formula is C20H36N2OS. The van der Waals surface area contributed by atoms with Gasteiger partial charge in [-0.05, 0) is 43.4 Å². The second-order valence-electron chi connectivity index (χ2n) is 7.53. The Morgan fingerprint density at radius 2 is 2.08 bits per heavy atom. The first-order valence-electron chi connectivity index (χ1n) is 9.47. The monoisotopic (exact) mass is 352 g/mol. The minimum Gasteiger partial charge on any atom is -0.356 e. The normalized spacial score (nSPS) is 22.4. The van der Waals surface area contributed by atoms with E-state index in [0.717, 1.165) is 31.6 Å². The molecule has 0 unspecified atom stereocenters. The van der Waals surface area contributed by atoms with Gasteiger partial charge in [0.1, 0.15) is 0 Å². The molecule has 0 saturated heterocycles. The maximum atomic E-state index is 11.8. The van der Waals surface area contributed by atoms with Gasteiger partial charge in [0.2, 0.25) is 5.91 Å². The van der Waals surface area contributed by atoms with Crippen LogP contribution in [-0.2, 0) is 4.79 Å². The standard InChI is InChI=1S/C20H36N2OS/c1-7-15(4)20(23)21-10-9-14(3)11-16(5)17(6)12-19-22-18(8-2)13-24-19/h8,14-18H,2,7,9-13H2,1,3-6H3,(H,21,23)/t14-,15-,16+,17-,18-/m1/s1. The zero-order chi connectivity index (χ0) is 18.1. The molecule has 0 saturated carbocycles. The Kier molecular flexibility index (Phi) is 9.72. The lowest BCUT2D eigenvalue weighted by molar-refractivity contribution is -0.124. The maximum absolute atomic E-state index is 11.8. The zero-order valence-corrected chi connectivity index (χ0v) is 17.0. The molecule has 1 amide bonds. The van der Waals surface area contributed by atoms with Crippen molar-refractivity contribution in [2.24, 2.45) is 28.7 Å². The van der Waals surface area contributed by atoms with Crippen molar-refractivity contribution in [3.8, 4) is 0 Å². The summed E-state index contributed by atoms with van der Waals surface area (Å²) in [5.74, 6) is 3.35. The predicted octanol–water partition coefficient (Wildman–Crippen LogP) is 4.93. The fourth-order valence-electron chi connectivity index (χ4n) is 2.94. The summed E-state index contributed by atoms with van der Waals surface area (Å²) >= 11 is 1.89. The Labute approximate surface area is 153 Å². The average molecular weight is 353 g/mol. The molecule has 0 aliphatic carbocycles. The number of rotatable bonds is 11. The number of carbonyl (C=O) groups is 1. The van der Waals surface area contributed by atoms with Gasteiger partial charge in [-0.2, -0.15) is 0 Å². The van der Waals surface area contributed by atoms with Crippen molar-refractivity contribution >= 4 is 22.7 Å². The van der Waals surface area contributed by atoms with E-state index in [4.69, 9.17) is 4.99 Å². The fraction of sp³-hybridized carbons (Fsp3) is 0.800. The molecule has 0 spiro atoms. The van der Waals surface area contributed by atoms with Gasteiger partial charge >= 0.3 is 0 Å². The van der Waals surface area contributed by atoms with Gasteiger partial charge in [-0.3, -0.25) is 9.79 Å². The molecule has 138 valence electrons. The number of nitrogens with one attached hydrogen (secondary N) is 1. The highest BCUT2D eigenvalue weighted by Gasteiger charge is 2.21. The second-order valence-corrected chi connectivity index (χ2v) is 8.62. The number of thioether (sulfide) groups is 1. The Bertz CT molecular complexity index is 435. The molecule has 1 heterocycles. The van der Waals surface area contributed by atoms with Crippen LogP contribution in [0.4, 0.5) is 0 Å². The topological polar surface area (TPSA) is 41.5 Å². The first-order valence-corrected chi connectivity index (χ1v) is 10.5. The van der Waals surface area contributed by atoms with Crippen molar-refractivity contribution in [1.29, 1.82) is 0 Å². The van der Waals surface area contributed by atoms with Crippen LogP contribution in [0.2, 0.25) is 0 Å². The van der Waals surface area contributed by atoms with Crippen LogP contribution in [0, 0.1) is 23.7 Å². The largest absolute Gasteiger partial charge is 0.356 e. The SMILES string of the molecule is C=C[C@@H]1CSC(C[C@@H](C)[C@@H](C)C[C@H](C)CCNC(=O)[C@H](C)CC)=N1. The van der Waals surface area contributed by atoms with Crippen molar-refractivity contribution in [1.82, 2.24) is 5.32 Å². The van der Waals surface area contributed by atoms with Crippen LogP contribution in [0.5, 0.6) is 0 Å². The van der Waals surface area contributed by atoms with E-state index in [2.05, 4.69) is 39.6 Å². The van der Waals surface area contributed by atoms with E-state index in [-0.39, 0.29) is 11.8 Å². The maximum Gasteiger partial charge on any atom is 0.222 e. The quantitative estimate of drug-likeness (QED) is 0.536. The molecule has 3 nitrogen and oxygen atoms in total. The Balaban J connectivity index is 2.26. The van der Waals surface area contributed by atoms with Crippen LogP contribution >= 0.6 is 11.8 Å². The number of nitrogens with zero attached hydrogens (tertiary/aromatic N) is 1. The highest BCUT2D eigenvalue weighted by molar-refractivity contribution is 8.14. The molecule has 4 heteroatoms. The molecule has 0 aromatic heterocycles. The first-order chi connectivity index (χ1) is 11.4. The molecule has 5 atom stereocenters. The lowest BCUT2D eigenvalue weighted by atomic mass is 9.85. The van der Waals surface area contributed by atoms with E-state index in [0.29, 0.717) is 23.8 Å². The molecular weight excluding hydrogens is 316 g/mol. The highest BCUT2D eigenvalue weighted by atomic mass is 32.2. The molecule has 24 heavy (non-hydrogen) atoms. The summed E-state index contributed by atoms with van der Waals surface area (Å²) in [6.45, 7) is 15.7. The summed E-state index contributed by atoms with van der Waals surface area (Å²) in [6.07, 6.45) is 6.22. The Morgan fingerprint density at radius 3 is 2.67 bits per heavy atom. The van der Waals surface area contributed by atoms with Gasteiger partial charge in [-0.25, -0.2) is 0 Å². The zero-order valence-electron chi connectivity index (χ0n) is 16.2. The van der Waals surface area contributed by atoms with E-state index >= 15 is 0 Å². The summed E-state index contributed by atoms with van der Waals surface area (Å²) in [7, 11) is 0. The van der Waals surface area contributed by atoms with Crippen LogP contribution in [-0.4, -0.2) is 29.3 Å². The Hall–Kier alpha value is -0.770. The van der Waals surface area contributed by atoms with Crippen molar-refractivity contribution in [3.63, 3.8) is 0 Å². The van der Waals surface area contributed by atoms with Gasteiger partial charge in [0.05, 0.1) is 11.1 Å². The Morgan fingerprint density at radius 1 is 1.38 bits per heavy atom. The average Bonchev–Trinajstić information content (AvgIpc) is 3.01. The summed E-state index contributed by atoms with van der Waals surface area (Å²) in [4.78, 5) is 16.5. The summed E-state index contributed by atoms with van der Waals surface area (Å²) in [6, 6.07) is 0.320. The molecule has 0 radical (unpaired) electrons. The van der Waals surface area contributed by atoms with Crippen LogP contribution in [0.1, 0.15) is 60.3 Å². The molecule has 0 aromatic carbocycles. The van der Waals surface area contributed by atoms with Crippen molar-refractivity contribution in [2.75, 3.05) is 12.3 Å². The third-order valence-corrected chi connectivity index (χ3v) is 6.35. The number of amides is 1. The number of hydrogen-bond acceptors (Lipinski definition) is 3. The molecule has 0 aromatic rings. The number of carbonyl (C=O) groups excluding carboxylic acids is 1. The number of hydrogen-bond donors (Lipinski definition) is 1. The van der Waals surface area contributed by atoms with E-state index in [1.54, 1.807) is 0 Å². The lowest BCUT2D eigenvalue weighted by Gasteiger charge is -2.23. The third kappa shape index (κ3) is 7.42. The smallest absolute Gasteiger partial charge is 0.222 e. The van der Waals surface area contributed by atoms with Gasteiger partial charge in [0, 0.05) is 18.2 Å². The van der Waals surface area contributed by atoms with E-state index in [9.17, 15) is 4.79 Å². The third-order valence-electron chi connectivity index (χ3n) is 5.24. The predicted molar refractivity (Wildman–Crippen MR) is 108 cm³/mol. The van der Waals surface area contributed by atoms with Crippen molar-refractivity contribution in [2.45, 2.75) is 66.3 Å². The van der Waals surface area contributed by atoms with E-state index in [1.165, 1.54) is 11.5 Å². The van der Waals surface area contributed by atoms with Crippen molar-refractivity contribution in [3.05, 3.63) is 12.7 Å². The van der Waals surface area contributed by atoms with E-state index < -0.39 is 0 Å². The first kappa shape index (κ1) is 21.3.